The lowest BCUT2D eigenvalue weighted by molar-refractivity contribution is -0.0672. The number of hydrogen-bond acceptors (Lipinski definition) is 5. The average molecular weight is 430 g/mol. The lowest BCUT2D eigenvalue weighted by Crippen LogP contribution is -2.52. The summed E-state index contributed by atoms with van der Waals surface area (Å²) in [4.78, 5) is 17.4. The molecule has 30 heavy (non-hydrogen) atoms. The van der Waals surface area contributed by atoms with Gasteiger partial charge < -0.3 is 14.8 Å². The third kappa shape index (κ3) is 3.64. The summed E-state index contributed by atoms with van der Waals surface area (Å²) in [7, 11) is 0. The largest absolute Gasteiger partial charge is 0.373 e. The van der Waals surface area contributed by atoms with Gasteiger partial charge in [0.1, 0.15) is 23.3 Å². The second-order valence-electron chi connectivity index (χ2n) is 7.75. The Balaban J connectivity index is 1.49. The van der Waals surface area contributed by atoms with Crippen LogP contribution in [-0.2, 0) is 15.0 Å². The van der Waals surface area contributed by atoms with E-state index in [4.69, 9.17) is 14.5 Å². The van der Waals surface area contributed by atoms with Crippen LogP contribution in [0.25, 0.3) is 0 Å². The maximum absolute atomic E-state index is 14.8. The first-order valence-electron chi connectivity index (χ1n) is 9.83. The summed E-state index contributed by atoms with van der Waals surface area (Å²) >= 11 is 1.43. The Morgan fingerprint density at radius 1 is 1.13 bits per heavy atom. The van der Waals surface area contributed by atoms with Gasteiger partial charge in [0.15, 0.2) is 5.17 Å². The van der Waals surface area contributed by atoms with Gasteiger partial charge in [0, 0.05) is 28.9 Å². The molecular formula is C22H20F2N2O3S. The molecule has 1 N–H and O–H groups in total. The van der Waals surface area contributed by atoms with Gasteiger partial charge in [-0.05, 0) is 24.6 Å². The number of hydrogen-bond donors (Lipinski definition) is 1. The van der Waals surface area contributed by atoms with Gasteiger partial charge in [0.2, 0.25) is 0 Å². The van der Waals surface area contributed by atoms with Crippen molar-refractivity contribution >= 4 is 22.8 Å². The SMILES string of the molecule is O=C(NC1=N[C@@]2(c3ccc(F)cc3F)CO[C@@H](C3CO3)C[C@H]2CS1)c1ccccc1. The third-order valence-corrected chi connectivity index (χ3v) is 6.90. The van der Waals surface area contributed by atoms with Crippen molar-refractivity contribution in [3.05, 3.63) is 71.3 Å². The van der Waals surface area contributed by atoms with Crippen molar-refractivity contribution in [2.24, 2.45) is 10.9 Å². The molecule has 3 heterocycles. The maximum atomic E-state index is 14.8. The summed E-state index contributed by atoms with van der Waals surface area (Å²) < 4.78 is 39.8. The van der Waals surface area contributed by atoms with E-state index in [1.165, 1.54) is 23.9 Å². The first-order chi connectivity index (χ1) is 14.5. The third-order valence-electron chi connectivity index (χ3n) is 5.86. The zero-order valence-corrected chi connectivity index (χ0v) is 16.8. The summed E-state index contributed by atoms with van der Waals surface area (Å²) in [5.41, 5.74) is -0.222. The second kappa shape index (κ2) is 7.76. The summed E-state index contributed by atoms with van der Waals surface area (Å²) in [5.74, 6) is -0.970. The monoisotopic (exact) mass is 430 g/mol. The topological polar surface area (TPSA) is 63.2 Å². The highest BCUT2D eigenvalue weighted by molar-refractivity contribution is 8.13. The molecule has 1 unspecified atom stereocenters. The smallest absolute Gasteiger partial charge is 0.257 e. The fourth-order valence-electron chi connectivity index (χ4n) is 4.17. The molecule has 5 rings (SSSR count). The van der Waals surface area contributed by atoms with Gasteiger partial charge in [0.05, 0.1) is 19.3 Å². The number of epoxide rings is 1. The van der Waals surface area contributed by atoms with Crippen molar-refractivity contribution < 1.29 is 23.0 Å². The van der Waals surface area contributed by atoms with E-state index < -0.39 is 17.2 Å². The van der Waals surface area contributed by atoms with Crippen molar-refractivity contribution in [1.29, 1.82) is 0 Å². The number of aliphatic imine (C=N–C) groups is 1. The summed E-state index contributed by atoms with van der Waals surface area (Å²) in [5, 5.41) is 3.25. The van der Waals surface area contributed by atoms with Crippen LogP contribution < -0.4 is 5.32 Å². The van der Waals surface area contributed by atoms with Crippen LogP contribution in [0.15, 0.2) is 53.5 Å². The number of thioether (sulfide) groups is 1. The Kier molecular flexibility index (Phi) is 5.08. The van der Waals surface area contributed by atoms with Crippen LogP contribution in [0.5, 0.6) is 0 Å². The number of amides is 1. The van der Waals surface area contributed by atoms with E-state index in [0.29, 0.717) is 29.5 Å². The quantitative estimate of drug-likeness (QED) is 0.758. The molecule has 1 amide bonds. The molecule has 3 aliphatic rings. The molecule has 3 aliphatic heterocycles. The molecule has 0 bridgehead atoms. The van der Waals surface area contributed by atoms with Gasteiger partial charge in [-0.2, -0.15) is 0 Å². The lowest BCUT2D eigenvalue weighted by atomic mass is 9.74. The zero-order valence-electron chi connectivity index (χ0n) is 16.0. The summed E-state index contributed by atoms with van der Waals surface area (Å²) in [6, 6.07) is 12.4. The molecule has 2 aromatic rings. The van der Waals surface area contributed by atoms with E-state index in [1.807, 2.05) is 6.07 Å². The van der Waals surface area contributed by atoms with E-state index >= 15 is 0 Å². The van der Waals surface area contributed by atoms with E-state index in [1.54, 1.807) is 24.3 Å². The van der Waals surface area contributed by atoms with E-state index in [-0.39, 0.29) is 36.2 Å². The normalized spacial score (nSPS) is 30.2. The number of ether oxygens (including phenoxy) is 2. The molecule has 0 radical (unpaired) electrons. The predicted octanol–water partition coefficient (Wildman–Crippen LogP) is 3.50. The fraction of sp³-hybridized carbons (Fsp3) is 0.364. The van der Waals surface area contributed by atoms with Gasteiger partial charge in [-0.25, -0.2) is 13.8 Å². The predicted molar refractivity (Wildman–Crippen MR) is 109 cm³/mol. The van der Waals surface area contributed by atoms with E-state index in [9.17, 15) is 13.6 Å². The van der Waals surface area contributed by atoms with Crippen molar-refractivity contribution in [3.8, 4) is 0 Å². The fourth-order valence-corrected chi connectivity index (χ4v) is 5.33. The van der Waals surface area contributed by atoms with Gasteiger partial charge in [-0.1, -0.05) is 36.0 Å². The minimum absolute atomic E-state index is 0.0252. The number of rotatable bonds is 3. The number of halogens is 2. The molecule has 2 fully saturated rings. The van der Waals surface area contributed by atoms with Crippen molar-refractivity contribution in [3.63, 3.8) is 0 Å². The van der Waals surface area contributed by atoms with Crippen molar-refractivity contribution in [2.75, 3.05) is 19.0 Å². The van der Waals surface area contributed by atoms with Crippen LogP contribution >= 0.6 is 11.8 Å². The molecule has 5 nitrogen and oxygen atoms in total. The zero-order chi connectivity index (χ0) is 20.7. The van der Waals surface area contributed by atoms with E-state index in [2.05, 4.69) is 5.32 Å². The lowest BCUT2D eigenvalue weighted by Gasteiger charge is -2.46. The van der Waals surface area contributed by atoms with Crippen LogP contribution in [0.2, 0.25) is 0 Å². The Labute approximate surface area is 176 Å². The van der Waals surface area contributed by atoms with Crippen molar-refractivity contribution in [2.45, 2.75) is 24.2 Å². The molecule has 2 aromatic carbocycles. The Morgan fingerprint density at radius 3 is 2.67 bits per heavy atom. The number of nitrogens with zero attached hydrogens (tertiary/aromatic N) is 1. The van der Waals surface area contributed by atoms with Gasteiger partial charge in [-0.3, -0.25) is 4.79 Å². The number of amidine groups is 1. The number of fused-ring (bicyclic) bond motifs is 1. The molecular weight excluding hydrogens is 410 g/mol. The minimum atomic E-state index is -1.02. The Morgan fingerprint density at radius 2 is 1.93 bits per heavy atom. The summed E-state index contributed by atoms with van der Waals surface area (Å²) in [6.07, 6.45) is 0.690. The highest BCUT2D eigenvalue weighted by atomic mass is 32.2. The molecule has 156 valence electrons. The highest BCUT2D eigenvalue weighted by Crippen LogP contribution is 2.48. The Hall–Kier alpha value is -2.29. The number of carbonyl (C=O) groups excluding carboxylic acids is 1. The van der Waals surface area contributed by atoms with Crippen LogP contribution in [0.3, 0.4) is 0 Å². The molecule has 0 aliphatic carbocycles. The molecule has 2 saturated heterocycles. The van der Waals surface area contributed by atoms with Gasteiger partial charge >= 0.3 is 0 Å². The first-order valence-corrected chi connectivity index (χ1v) is 10.8. The molecule has 0 aromatic heterocycles. The number of nitrogens with one attached hydrogen (secondary N) is 1. The minimum Gasteiger partial charge on any atom is -0.373 e. The molecule has 4 atom stereocenters. The second-order valence-corrected chi connectivity index (χ2v) is 8.76. The molecule has 8 heteroatoms. The van der Waals surface area contributed by atoms with Gasteiger partial charge in [0.25, 0.3) is 5.91 Å². The van der Waals surface area contributed by atoms with Crippen LogP contribution in [0.4, 0.5) is 8.78 Å². The standard InChI is InChI=1S/C22H20F2N2O3S/c23-15-6-7-16(17(24)9-15)22-12-29-18(19-10-28-19)8-14(22)11-30-21(26-22)25-20(27)13-4-2-1-3-5-13/h1-7,9,14,18-19H,8,10-12H2,(H,25,26,27)/t14-,18+,19?,22-/m0/s1. The number of benzene rings is 2. The van der Waals surface area contributed by atoms with Gasteiger partial charge in [-0.15, -0.1) is 0 Å². The average Bonchev–Trinajstić information content (AvgIpc) is 3.59. The van der Waals surface area contributed by atoms with E-state index in [0.717, 1.165) is 6.07 Å². The highest BCUT2D eigenvalue weighted by Gasteiger charge is 2.52. The van der Waals surface area contributed by atoms with Crippen LogP contribution in [0.1, 0.15) is 22.3 Å². The van der Waals surface area contributed by atoms with Crippen molar-refractivity contribution in [1.82, 2.24) is 5.32 Å². The maximum Gasteiger partial charge on any atom is 0.257 e. The van der Waals surface area contributed by atoms with Crippen LogP contribution in [0, 0.1) is 17.6 Å². The van der Waals surface area contributed by atoms with Crippen LogP contribution in [-0.4, -0.2) is 42.2 Å². The Bertz CT molecular complexity index is 999. The summed E-state index contributed by atoms with van der Waals surface area (Å²) in [6.45, 7) is 0.820. The molecule has 0 saturated carbocycles. The molecule has 0 spiro atoms. The number of carbonyl (C=O) groups is 1. The first kappa shape index (κ1) is 19.7.